The lowest BCUT2D eigenvalue weighted by Gasteiger charge is -2.39. The number of phenolic OH excluding ortho intramolecular Hbond substituents is 1. The molecule has 11 nitrogen and oxygen atoms in total. The highest BCUT2D eigenvalue weighted by atomic mass is 16.7. The lowest BCUT2D eigenvalue weighted by Crippen LogP contribution is -2.60. The molecule has 11 heteroatoms. The minimum atomic E-state index is -1.66. The van der Waals surface area contributed by atoms with E-state index in [0.717, 1.165) is 5.57 Å². The van der Waals surface area contributed by atoms with Crippen molar-refractivity contribution in [2.24, 2.45) is 0 Å². The molecule has 1 aliphatic rings. The van der Waals surface area contributed by atoms with Crippen molar-refractivity contribution in [1.82, 2.24) is 0 Å². The average molecular weight is 515 g/mol. The van der Waals surface area contributed by atoms with Crippen LogP contribution in [0.25, 0.3) is 0 Å². The monoisotopic (exact) mass is 514 g/mol. The van der Waals surface area contributed by atoms with Crippen molar-refractivity contribution in [2.45, 2.75) is 88.9 Å². The van der Waals surface area contributed by atoms with Gasteiger partial charge >= 0.3 is 5.97 Å². The normalized spacial score (nSPS) is 25.9. The molecular formula is C25H38O11. The van der Waals surface area contributed by atoms with Crippen molar-refractivity contribution in [1.29, 1.82) is 0 Å². The van der Waals surface area contributed by atoms with Crippen LogP contribution in [0.15, 0.2) is 23.8 Å². The van der Waals surface area contributed by atoms with Gasteiger partial charge in [-0.25, -0.2) is 0 Å². The summed E-state index contributed by atoms with van der Waals surface area (Å²) in [7, 11) is 1.21. The first-order valence-corrected chi connectivity index (χ1v) is 11.7. The van der Waals surface area contributed by atoms with E-state index in [4.69, 9.17) is 14.2 Å². The van der Waals surface area contributed by atoms with E-state index in [1.807, 2.05) is 13.0 Å². The second-order valence-electron chi connectivity index (χ2n) is 9.62. The van der Waals surface area contributed by atoms with Crippen molar-refractivity contribution in [3.05, 3.63) is 34.9 Å². The number of allylic oxidation sites excluding steroid dienone is 2. The molecule has 1 aromatic carbocycles. The van der Waals surface area contributed by atoms with Crippen LogP contribution in [0.4, 0.5) is 0 Å². The first kappa shape index (κ1) is 30.0. The van der Waals surface area contributed by atoms with Gasteiger partial charge < -0.3 is 50.0 Å². The number of carbonyl (C=O) groups is 1. The maximum absolute atomic E-state index is 11.9. The Morgan fingerprint density at radius 1 is 1.17 bits per heavy atom. The maximum atomic E-state index is 11.9. The first-order chi connectivity index (χ1) is 16.8. The van der Waals surface area contributed by atoms with E-state index >= 15 is 0 Å². The fourth-order valence-electron chi connectivity index (χ4n) is 3.69. The van der Waals surface area contributed by atoms with Crippen LogP contribution in [0.1, 0.15) is 44.7 Å². The number of methoxy groups -OCH3 is 1. The summed E-state index contributed by atoms with van der Waals surface area (Å²) < 4.78 is 15.9. The molecule has 1 aromatic rings. The highest BCUT2D eigenvalue weighted by Crippen LogP contribution is 2.33. The van der Waals surface area contributed by atoms with Crippen LogP contribution in [-0.4, -0.2) is 97.8 Å². The summed E-state index contributed by atoms with van der Waals surface area (Å²) in [6.45, 7) is 4.28. The molecule has 1 fully saturated rings. The number of rotatable bonds is 11. The van der Waals surface area contributed by atoms with Gasteiger partial charge in [-0.05, 0) is 52.2 Å². The SMILES string of the molecule is COC(=O)Cc1cc(O)c(CC=C(C)CCC(O)C(C)(C)O)cc1OC1OC(CO)C(O)C(O)C1O. The minimum Gasteiger partial charge on any atom is -0.508 e. The number of hydrogen-bond acceptors (Lipinski definition) is 11. The number of carbonyl (C=O) groups excluding carboxylic acids is 1. The molecule has 1 saturated heterocycles. The highest BCUT2D eigenvalue weighted by Gasteiger charge is 2.45. The Bertz CT molecular complexity index is 906. The minimum absolute atomic E-state index is 0.0704. The zero-order valence-corrected chi connectivity index (χ0v) is 21.0. The Morgan fingerprint density at radius 3 is 2.42 bits per heavy atom. The number of hydrogen-bond donors (Lipinski definition) is 7. The predicted octanol–water partition coefficient (Wildman–Crippen LogP) is -0.313. The Morgan fingerprint density at radius 2 is 1.83 bits per heavy atom. The number of esters is 1. The molecule has 1 heterocycles. The van der Waals surface area contributed by atoms with Gasteiger partial charge in [-0.1, -0.05) is 11.6 Å². The molecule has 0 radical (unpaired) electrons. The molecule has 7 N–H and O–H groups in total. The average Bonchev–Trinajstić information content (AvgIpc) is 2.82. The fraction of sp³-hybridized carbons (Fsp3) is 0.640. The van der Waals surface area contributed by atoms with Gasteiger partial charge in [0.2, 0.25) is 6.29 Å². The molecule has 0 spiro atoms. The molecule has 0 amide bonds. The van der Waals surface area contributed by atoms with E-state index in [1.54, 1.807) is 0 Å². The van der Waals surface area contributed by atoms with Crippen LogP contribution in [0, 0.1) is 0 Å². The van der Waals surface area contributed by atoms with Crippen molar-refractivity contribution < 1.29 is 54.8 Å². The third kappa shape index (κ3) is 7.87. The molecule has 1 aliphatic heterocycles. The van der Waals surface area contributed by atoms with Crippen molar-refractivity contribution in [3.8, 4) is 11.5 Å². The number of phenols is 1. The lowest BCUT2D eigenvalue weighted by atomic mass is 9.95. The summed E-state index contributed by atoms with van der Waals surface area (Å²) in [6, 6.07) is 2.79. The zero-order chi connectivity index (χ0) is 27.2. The topological polar surface area (TPSA) is 186 Å². The standard InChI is InChI=1S/C25H38O11/c1-13(6-8-19(28)25(2,3)33)5-7-14-10-17(15(9-16(14)27)11-20(29)34-4)35-24-23(32)22(31)21(30)18(12-26)36-24/h5,9-10,18-19,21-24,26-28,30-33H,6-8,11-12H2,1-4H3. The van der Waals surface area contributed by atoms with Gasteiger partial charge in [-0.15, -0.1) is 0 Å². The van der Waals surface area contributed by atoms with E-state index < -0.39 is 55.0 Å². The van der Waals surface area contributed by atoms with Gasteiger partial charge in [0.05, 0.1) is 31.8 Å². The Kier molecular flexibility index (Phi) is 10.7. The summed E-state index contributed by atoms with van der Waals surface area (Å²) in [5.41, 5.74) is 0.345. The second-order valence-corrected chi connectivity index (χ2v) is 9.62. The van der Waals surface area contributed by atoms with Crippen LogP contribution in [0.5, 0.6) is 11.5 Å². The summed E-state index contributed by atoms with van der Waals surface area (Å²) in [5.74, 6) is -0.654. The summed E-state index contributed by atoms with van der Waals surface area (Å²) in [5, 5.41) is 70.2. The van der Waals surface area contributed by atoms with Gasteiger partial charge in [-0.3, -0.25) is 4.79 Å². The van der Waals surface area contributed by atoms with Crippen LogP contribution >= 0.6 is 0 Å². The number of aliphatic hydroxyl groups excluding tert-OH is 5. The molecule has 36 heavy (non-hydrogen) atoms. The van der Waals surface area contributed by atoms with E-state index in [-0.39, 0.29) is 29.9 Å². The number of aromatic hydroxyl groups is 1. The molecule has 0 bridgehead atoms. The molecule has 204 valence electrons. The van der Waals surface area contributed by atoms with Crippen molar-refractivity contribution in [3.63, 3.8) is 0 Å². The van der Waals surface area contributed by atoms with Crippen LogP contribution in [0.3, 0.4) is 0 Å². The highest BCUT2D eigenvalue weighted by molar-refractivity contribution is 5.74. The number of benzene rings is 1. The zero-order valence-electron chi connectivity index (χ0n) is 21.0. The van der Waals surface area contributed by atoms with Crippen molar-refractivity contribution >= 4 is 5.97 Å². The van der Waals surface area contributed by atoms with Gasteiger partial charge in [0.25, 0.3) is 0 Å². The fourth-order valence-corrected chi connectivity index (χ4v) is 3.69. The summed E-state index contributed by atoms with van der Waals surface area (Å²) in [4.78, 5) is 11.9. The van der Waals surface area contributed by atoms with Crippen LogP contribution < -0.4 is 4.74 Å². The van der Waals surface area contributed by atoms with Crippen LogP contribution in [-0.2, 0) is 27.1 Å². The Labute approximate surface area is 210 Å². The van der Waals surface area contributed by atoms with Crippen LogP contribution in [0.2, 0.25) is 0 Å². The van der Waals surface area contributed by atoms with E-state index in [0.29, 0.717) is 18.4 Å². The summed E-state index contributed by atoms with van der Waals surface area (Å²) in [6.07, 6.45) is -5.72. The molecule has 6 atom stereocenters. The Hall–Kier alpha value is -2.25. The lowest BCUT2D eigenvalue weighted by molar-refractivity contribution is -0.277. The second kappa shape index (κ2) is 12.8. The third-order valence-corrected chi connectivity index (χ3v) is 6.21. The van der Waals surface area contributed by atoms with E-state index in [2.05, 4.69) is 0 Å². The first-order valence-electron chi connectivity index (χ1n) is 11.7. The van der Waals surface area contributed by atoms with Gasteiger partial charge in [0.1, 0.15) is 35.9 Å². The molecular weight excluding hydrogens is 476 g/mol. The smallest absolute Gasteiger partial charge is 0.310 e. The molecule has 6 unspecified atom stereocenters. The summed E-state index contributed by atoms with van der Waals surface area (Å²) >= 11 is 0. The molecule has 2 rings (SSSR count). The van der Waals surface area contributed by atoms with Crippen molar-refractivity contribution in [2.75, 3.05) is 13.7 Å². The number of ether oxygens (including phenoxy) is 3. The van der Waals surface area contributed by atoms with E-state index in [9.17, 15) is 40.5 Å². The molecule has 0 aromatic heterocycles. The van der Waals surface area contributed by atoms with Gasteiger partial charge in [0.15, 0.2) is 0 Å². The third-order valence-electron chi connectivity index (χ3n) is 6.21. The largest absolute Gasteiger partial charge is 0.508 e. The van der Waals surface area contributed by atoms with E-state index in [1.165, 1.54) is 33.1 Å². The quantitative estimate of drug-likeness (QED) is 0.152. The van der Waals surface area contributed by atoms with Gasteiger partial charge in [0, 0.05) is 11.1 Å². The number of aliphatic hydroxyl groups is 6. The molecule has 0 aliphatic carbocycles. The Balaban J connectivity index is 2.27. The predicted molar refractivity (Wildman–Crippen MR) is 127 cm³/mol. The maximum Gasteiger partial charge on any atom is 0.310 e. The molecule has 0 saturated carbocycles. The van der Waals surface area contributed by atoms with Gasteiger partial charge in [-0.2, -0.15) is 0 Å².